The van der Waals surface area contributed by atoms with Gasteiger partial charge in [-0.3, -0.25) is 9.10 Å². The molecule has 3 rings (SSSR count). The van der Waals surface area contributed by atoms with Gasteiger partial charge in [-0.1, -0.05) is 42.5 Å². The first-order valence-electron chi connectivity index (χ1n) is 9.78. The first-order chi connectivity index (χ1) is 14.8. The quantitative estimate of drug-likeness (QED) is 0.534. The molecule has 0 bridgehead atoms. The zero-order chi connectivity index (χ0) is 22.4. The fraction of sp³-hybridized carbons (Fsp3) is 0.208. The maximum Gasteiger partial charge on any atom is 0.253 e. The summed E-state index contributed by atoms with van der Waals surface area (Å²) in [6.45, 7) is 0.666. The summed E-state index contributed by atoms with van der Waals surface area (Å²) >= 11 is 0. The molecule has 0 spiro atoms. The first-order valence-corrected chi connectivity index (χ1v) is 11.6. The number of carbonyl (C=O) groups excluding carboxylic acids is 1. The first kappa shape index (κ1) is 22.4. The molecule has 1 amide bonds. The van der Waals surface area contributed by atoms with E-state index in [1.807, 2.05) is 30.3 Å². The standard InChI is InChI=1S/C24H26N2O4S/c1-25(17-19-11-15-23(30-2)16-12-19)24(27)21-13-9-20(10-14-21)18-26(31(3,28)29)22-7-5-4-6-8-22/h4-16H,17-18H2,1-3H3. The Kier molecular flexibility index (Phi) is 6.97. The lowest BCUT2D eigenvalue weighted by atomic mass is 10.1. The summed E-state index contributed by atoms with van der Waals surface area (Å²) < 4.78 is 31.0. The molecule has 6 nitrogen and oxygen atoms in total. The number of hydrogen-bond donors (Lipinski definition) is 0. The number of amides is 1. The van der Waals surface area contributed by atoms with E-state index >= 15 is 0 Å². The second kappa shape index (κ2) is 9.66. The highest BCUT2D eigenvalue weighted by molar-refractivity contribution is 7.92. The number of nitrogens with zero attached hydrogens (tertiary/aromatic N) is 2. The molecule has 0 aliphatic heterocycles. The zero-order valence-corrected chi connectivity index (χ0v) is 18.7. The van der Waals surface area contributed by atoms with Crippen molar-refractivity contribution < 1.29 is 17.9 Å². The van der Waals surface area contributed by atoms with E-state index in [0.717, 1.165) is 16.9 Å². The minimum Gasteiger partial charge on any atom is -0.497 e. The van der Waals surface area contributed by atoms with Crippen LogP contribution in [0.25, 0.3) is 0 Å². The van der Waals surface area contributed by atoms with Crippen LogP contribution < -0.4 is 9.04 Å². The minimum absolute atomic E-state index is 0.106. The van der Waals surface area contributed by atoms with Crippen LogP contribution in [0.2, 0.25) is 0 Å². The van der Waals surface area contributed by atoms with Crippen molar-refractivity contribution in [1.29, 1.82) is 0 Å². The number of carbonyl (C=O) groups is 1. The molecular formula is C24H26N2O4S. The molecule has 0 unspecified atom stereocenters. The van der Waals surface area contributed by atoms with Crippen molar-refractivity contribution in [1.82, 2.24) is 4.90 Å². The van der Waals surface area contributed by atoms with Crippen LogP contribution >= 0.6 is 0 Å². The molecule has 0 radical (unpaired) electrons. The Labute approximate surface area is 183 Å². The zero-order valence-electron chi connectivity index (χ0n) is 17.9. The van der Waals surface area contributed by atoms with E-state index in [0.29, 0.717) is 17.8 Å². The third-order valence-corrected chi connectivity index (χ3v) is 6.04. The van der Waals surface area contributed by atoms with Gasteiger partial charge in [0, 0.05) is 19.2 Å². The van der Waals surface area contributed by atoms with E-state index in [4.69, 9.17) is 4.74 Å². The Morgan fingerprint density at radius 3 is 1.94 bits per heavy atom. The number of benzene rings is 3. The van der Waals surface area contributed by atoms with Crippen molar-refractivity contribution in [2.75, 3.05) is 24.7 Å². The van der Waals surface area contributed by atoms with E-state index in [1.54, 1.807) is 67.6 Å². The summed E-state index contributed by atoms with van der Waals surface area (Å²) in [5, 5.41) is 0. The lowest BCUT2D eigenvalue weighted by Gasteiger charge is -2.23. The van der Waals surface area contributed by atoms with Gasteiger partial charge in [0.05, 0.1) is 25.6 Å². The predicted octanol–water partition coefficient (Wildman–Crippen LogP) is 3.93. The molecule has 0 aromatic heterocycles. The highest BCUT2D eigenvalue weighted by atomic mass is 32.2. The average molecular weight is 439 g/mol. The Balaban J connectivity index is 1.70. The summed E-state index contributed by atoms with van der Waals surface area (Å²) in [6.07, 6.45) is 1.19. The highest BCUT2D eigenvalue weighted by Crippen LogP contribution is 2.21. The van der Waals surface area contributed by atoms with Gasteiger partial charge in [-0.25, -0.2) is 8.42 Å². The van der Waals surface area contributed by atoms with E-state index in [-0.39, 0.29) is 12.5 Å². The molecule has 7 heteroatoms. The van der Waals surface area contributed by atoms with Crippen molar-refractivity contribution in [2.45, 2.75) is 13.1 Å². The lowest BCUT2D eigenvalue weighted by molar-refractivity contribution is 0.0785. The Hall–Kier alpha value is -3.32. The molecule has 0 saturated heterocycles. The molecule has 31 heavy (non-hydrogen) atoms. The Bertz CT molecular complexity index is 1110. The molecule has 0 aliphatic carbocycles. The topological polar surface area (TPSA) is 66.9 Å². The van der Waals surface area contributed by atoms with Gasteiger partial charge >= 0.3 is 0 Å². The summed E-state index contributed by atoms with van der Waals surface area (Å²) in [6, 6.07) is 23.6. The largest absolute Gasteiger partial charge is 0.497 e. The van der Waals surface area contributed by atoms with Crippen LogP contribution in [0.3, 0.4) is 0 Å². The van der Waals surface area contributed by atoms with Crippen molar-refractivity contribution >= 4 is 21.6 Å². The second-order valence-electron chi connectivity index (χ2n) is 7.31. The molecule has 0 heterocycles. The predicted molar refractivity (Wildman–Crippen MR) is 123 cm³/mol. The van der Waals surface area contributed by atoms with Gasteiger partial charge in [0.1, 0.15) is 5.75 Å². The smallest absolute Gasteiger partial charge is 0.253 e. The van der Waals surface area contributed by atoms with Crippen LogP contribution in [-0.2, 0) is 23.1 Å². The Morgan fingerprint density at radius 1 is 0.839 bits per heavy atom. The van der Waals surface area contributed by atoms with Gasteiger partial charge < -0.3 is 9.64 Å². The maximum atomic E-state index is 12.8. The molecule has 0 aliphatic rings. The van der Waals surface area contributed by atoms with Gasteiger partial charge in [-0.2, -0.15) is 0 Å². The molecule has 3 aromatic carbocycles. The maximum absolute atomic E-state index is 12.8. The molecule has 0 fully saturated rings. The van der Waals surface area contributed by atoms with E-state index in [2.05, 4.69) is 0 Å². The Morgan fingerprint density at radius 2 is 1.39 bits per heavy atom. The molecule has 0 N–H and O–H groups in total. The number of rotatable bonds is 8. The van der Waals surface area contributed by atoms with E-state index in [9.17, 15) is 13.2 Å². The van der Waals surface area contributed by atoms with Crippen LogP contribution in [0.1, 0.15) is 21.5 Å². The number of para-hydroxylation sites is 1. The molecular weight excluding hydrogens is 412 g/mol. The van der Waals surface area contributed by atoms with Gasteiger partial charge in [-0.05, 0) is 47.5 Å². The van der Waals surface area contributed by atoms with Crippen LogP contribution in [-0.4, -0.2) is 39.6 Å². The molecule has 0 saturated carbocycles. The van der Waals surface area contributed by atoms with Gasteiger partial charge in [0.15, 0.2) is 0 Å². The third kappa shape index (κ3) is 5.86. The highest BCUT2D eigenvalue weighted by Gasteiger charge is 2.18. The number of anilines is 1. The monoisotopic (exact) mass is 438 g/mol. The van der Waals surface area contributed by atoms with Crippen LogP contribution in [0.15, 0.2) is 78.9 Å². The fourth-order valence-electron chi connectivity index (χ4n) is 3.21. The van der Waals surface area contributed by atoms with Crippen molar-refractivity contribution in [2.24, 2.45) is 0 Å². The van der Waals surface area contributed by atoms with E-state index in [1.165, 1.54) is 10.6 Å². The summed E-state index contributed by atoms with van der Waals surface area (Å²) in [5.74, 6) is 0.664. The SMILES string of the molecule is COc1ccc(CN(C)C(=O)c2ccc(CN(c3ccccc3)S(C)(=O)=O)cc2)cc1. The van der Waals surface area contributed by atoms with Crippen molar-refractivity contribution in [3.05, 3.63) is 95.6 Å². The van der Waals surface area contributed by atoms with Crippen LogP contribution in [0.5, 0.6) is 5.75 Å². The van der Waals surface area contributed by atoms with Crippen molar-refractivity contribution in [3.63, 3.8) is 0 Å². The van der Waals surface area contributed by atoms with E-state index < -0.39 is 10.0 Å². The molecule has 0 atom stereocenters. The number of methoxy groups -OCH3 is 1. The average Bonchev–Trinajstić information content (AvgIpc) is 2.77. The van der Waals surface area contributed by atoms with Crippen molar-refractivity contribution in [3.8, 4) is 5.75 Å². The minimum atomic E-state index is -3.45. The normalized spacial score (nSPS) is 11.1. The summed E-state index contributed by atoms with van der Waals surface area (Å²) in [7, 11) is -0.0808. The van der Waals surface area contributed by atoms with Crippen LogP contribution in [0.4, 0.5) is 5.69 Å². The summed E-state index contributed by atoms with van der Waals surface area (Å²) in [5.41, 5.74) is 2.94. The number of sulfonamides is 1. The van der Waals surface area contributed by atoms with Gasteiger partial charge in [-0.15, -0.1) is 0 Å². The van der Waals surface area contributed by atoms with Crippen LogP contribution in [0, 0.1) is 0 Å². The summed E-state index contributed by atoms with van der Waals surface area (Å²) in [4.78, 5) is 14.4. The second-order valence-corrected chi connectivity index (χ2v) is 9.22. The molecule has 3 aromatic rings. The van der Waals surface area contributed by atoms with Gasteiger partial charge in [0.25, 0.3) is 5.91 Å². The lowest BCUT2D eigenvalue weighted by Crippen LogP contribution is -2.29. The number of ether oxygens (including phenoxy) is 1. The number of hydrogen-bond acceptors (Lipinski definition) is 4. The third-order valence-electron chi connectivity index (χ3n) is 4.90. The fourth-order valence-corrected chi connectivity index (χ4v) is 4.10. The molecule has 162 valence electrons. The van der Waals surface area contributed by atoms with Gasteiger partial charge in [0.2, 0.25) is 10.0 Å².